The second kappa shape index (κ2) is 5.96. The number of halogens is 1. The molecule has 1 N–H and O–H groups in total. The number of nitrogens with one attached hydrogen (secondary N) is 1. The van der Waals surface area contributed by atoms with Crippen molar-refractivity contribution in [2.75, 3.05) is 5.32 Å². The van der Waals surface area contributed by atoms with Crippen LogP contribution in [-0.2, 0) is 0 Å². The van der Waals surface area contributed by atoms with Crippen molar-refractivity contribution in [1.82, 2.24) is 0 Å². The lowest BCUT2D eigenvalue weighted by Crippen LogP contribution is -2.32. The summed E-state index contributed by atoms with van der Waals surface area (Å²) in [5.74, 6) is 0.577. The van der Waals surface area contributed by atoms with E-state index in [1.807, 2.05) is 24.3 Å². The fraction of sp³-hybridized carbons (Fsp3) is 0.200. The molecule has 3 aromatic carbocycles. The molecular formula is C25H22FNO. The summed E-state index contributed by atoms with van der Waals surface area (Å²) >= 11 is 0. The molecule has 0 fully saturated rings. The first kappa shape index (κ1) is 17.1. The van der Waals surface area contributed by atoms with Crippen LogP contribution < -0.4 is 10.1 Å². The van der Waals surface area contributed by atoms with E-state index in [0.29, 0.717) is 0 Å². The molecule has 2 nitrogen and oxygen atoms in total. The van der Waals surface area contributed by atoms with Gasteiger partial charge in [0, 0.05) is 22.4 Å². The van der Waals surface area contributed by atoms with Gasteiger partial charge in [-0.15, -0.1) is 0 Å². The van der Waals surface area contributed by atoms with Crippen LogP contribution in [-0.4, -0.2) is 5.54 Å². The minimum Gasteiger partial charge on any atom is -0.480 e. The summed E-state index contributed by atoms with van der Waals surface area (Å²) in [7, 11) is 0. The third kappa shape index (κ3) is 2.62. The minimum atomic E-state index is -0.359. The lowest BCUT2D eigenvalue weighted by atomic mass is 9.80. The smallest absolute Gasteiger partial charge is 0.150 e. The number of allylic oxidation sites excluding steroid dienone is 1. The molecule has 0 radical (unpaired) electrons. The number of anilines is 1. The normalized spacial score (nSPS) is 18.7. The van der Waals surface area contributed by atoms with Crippen LogP contribution in [0.1, 0.15) is 43.6 Å². The van der Waals surface area contributed by atoms with Gasteiger partial charge >= 0.3 is 0 Å². The fourth-order valence-corrected chi connectivity index (χ4v) is 4.53. The Kier molecular flexibility index (Phi) is 3.63. The first-order chi connectivity index (χ1) is 13.4. The molecule has 0 saturated carbocycles. The number of hydrogen-bond acceptors (Lipinski definition) is 2. The van der Waals surface area contributed by atoms with Crippen LogP contribution in [0.4, 0.5) is 10.1 Å². The molecule has 28 heavy (non-hydrogen) atoms. The van der Waals surface area contributed by atoms with Gasteiger partial charge in [0.2, 0.25) is 0 Å². The number of rotatable bonds is 1. The minimum absolute atomic E-state index is 0.118. The third-order valence-corrected chi connectivity index (χ3v) is 5.51. The van der Waals surface area contributed by atoms with Crippen molar-refractivity contribution >= 4 is 11.3 Å². The molecule has 0 amide bonds. The second-order valence-electron chi connectivity index (χ2n) is 8.17. The first-order valence-electron chi connectivity index (χ1n) is 9.59. The van der Waals surface area contributed by atoms with E-state index in [9.17, 15) is 4.39 Å². The maximum absolute atomic E-state index is 14.0. The highest BCUT2D eigenvalue weighted by molar-refractivity contribution is 5.90. The number of fused-ring (bicyclic) bond motifs is 5. The van der Waals surface area contributed by atoms with E-state index in [1.54, 1.807) is 12.1 Å². The van der Waals surface area contributed by atoms with E-state index >= 15 is 0 Å². The van der Waals surface area contributed by atoms with Crippen molar-refractivity contribution in [2.24, 2.45) is 0 Å². The topological polar surface area (TPSA) is 21.3 Å². The monoisotopic (exact) mass is 371 g/mol. The molecule has 5 rings (SSSR count). The van der Waals surface area contributed by atoms with E-state index in [-0.39, 0.29) is 17.5 Å². The van der Waals surface area contributed by atoms with Crippen molar-refractivity contribution in [3.8, 4) is 16.9 Å². The fourth-order valence-electron chi connectivity index (χ4n) is 4.53. The number of hydrogen-bond donors (Lipinski definition) is 1. The molecule has 2 aliphatic rings. The van der Waals surface area contributed by atoms with Crippen LogP contribution in [0.15, 0.2) is 66.7 Å². The van der Waals surface area contributed by atoms with Gasteiger partial charge in [-0.2, -0.15) is 0 Å². The summed E-state index contributed by atoms with van der Waals surface area (Å²) in [6, 6.07) is 19.1. The Labute approximate surface area is 164 Å². The zero-order chi connectivity index (χ0) is 19.5. The van der Waals surface area contributed by atoms with E-state index in [0.717, 1.165) is 39.3 Å². The maximum atomic E-state index is 14.0. The molecule has 2 heterocycles. The standard InChI is InChI=1S/C25H22FNO/c1-15-14-25(2,3)27-20-12-11-19-18-9-4-5-10-21(18)28-24(23(19)22(15)20)16-7-6-8-17(26)13-16/h4-14,24,27H,1-3H3/t24-/m1/s1. The van der Waals surface area contributed by atoms with E-state index < -0.39 is 0 Å². The SMILES string of the molecule is CC1=CC(C)(C)Nc2ccc3c(c21)[C@@H](c1cccc(F)c1)Oc1ccccc1-3. The number of para-hydroxylation sites is 1. The first-order valence-corrected chi connectivity index (χ1v) is 9.59. The van der Waals surface area contributed by atoms with Gasteiger partial charge in [0.05, 0.1) is 5.54 Å². The zero-order valence-electron chi connectivity index (χ0n) is 16.2. The molecule has 140 valence electrons. The Morgan fingerprint density at radius 2 is 1.79 bits per heavy atom. The average molecular weight is 371 g/mol. The van der Waals surface area contributed by atoms with Crippen molar-refractivity contribution < 1.29 is 9.13 Å². The second-order valence-corrected chi connectivity index (χ2v) is 8.17. The van der Waals surface area contributed by atoms with E-state index in [1.165, 1.54) is 11.6 Å². The number of ether oxygens (including phenoxy) is 1. The molecule has 0 spiro atoms. The van der Waals surface area contributed by atoms with Gasteiger partial charge in [-0.1, -0.05) is 42.5 Å². The van der Waals surface area contributed by atoms with Gasteiger partial charge in [-0.25, -0.2) is 4.39 Å². The molecule has 1 atom stereocenters. The van der Waals surface area contributed by atoms with E-state index in [4.69, 9.17) is 4.74 Å². The summed E-state index contributed by atoms with van der Waals surface area (Å²) in [4.78, 5) is 0. The Balaban J connectivity index is 1.81. The summed E-state index contributed by atoms with van der Waals surface area (Å²) in [5.41, 5.74) is 7.47. The Hall–Kier alpha value is -3.07. The molecule has 2 aliphatic heterocycles. The van der Waals surface area contributed by atoms with Crippen molar-refractivity contribution in [3.63, 3.8) is 0 Å². The Bertz CT molecular complexity index is 1130. The highest BCUT2D eigenvalue weighted by atomic mass is 19.1. The molecule has 0 bridgehead atoms. The van der Waals surface area contributed by atoms with Gasteiger partial charge in [-0.05, 0) is 61.7 Å². The summed E-state index contributed by atoms with van der Waals surface area (Å²) < 4.78 is 20.5. The zero-order valence-corrected chi connectivity index (χ0v) is 16.2. The molecule has 0 unspecified atom stereocenters. The molecule has 0 aliphatic carbocycles. The molecule has 0 saturated heterocycles. The largest absolute Gasteiger partial charge is 0.480 e. The molecule has 3 aromatic rings. The van der Waals surface area contributed by atoms with Crippen LogP contribution >= 0.6 is 0 Å². The lowest BCUT2D eigenvalue weighted by Gasteiger charge is -2.37. The summed E-state index contributed by atoms with van der Waals surface area (Å²) in [6.45, 7) is 6.47. The van der Waals surface area contributed by atoms with Crippen molar-refractivity contribution in [3.05, 3.63) is 89.2 Å². The van der Waals surface area contributed by atoms with Gasteiger partial charge in [-0.3, -0.25) is 0 Å². The highest BCUT2D eigenvalue weighted by Crippen LogP contribution is 2.50. The average Bonchev–Trinajstić information content (AvgIpc) is 2.65. The van der Waals surface area contributed by atoms with Crippen LogP contribution in [0.25, 0.3) is 16.7 Å². The van der Waals surface area contributed by atoms with Crippen molar-refractivity contribution in [2.45, 2.75) is 32.4 Å². The van der Waals surface area contributed by atoms with Gasteiger partial charge in [0.15, 0.2) is 6.10 Å². The predicted octanol–water partition coefficient (Wildman–Crippen LogP) is 6.58. The van der Waals surface area contributed by atoms with Crippen LogP contribution in [0.5, 0.6) is 5.75 Å². The number of benzene rings is 3. The summed E-state index contributed by atoms with van der Waals surface area (Å²) in [6.07, 6.45) is 1.89. The summed E-state index contributed by atoms with van der Waals surface area (Å²) in [5, 5.41) is 3.62. The van der Waals surface area contributed by atoms with Gasteiger partial charge in [0.1, 0.15) is 11.6 Å². The van der Waals surface area contributed by atoms with E-state index in [2.05, 4.69) is 50.4 Å². The van der Waals surface area contributed by atoms with Gasteiger partial charge in [0.25, 0.3) is 0 Å². The van der Waals surface area contributed by atoms with Crippen LogP contribution in [0, 0.1) is 5.82 Å². The lowest BCUT2D eigenvalue weighted by molar-refractivity contribution is 0.243. The predicted molar refractivity (Wildman–Crippen MR) is 112 cm³/mol. The molecule has 3 heteroatoms. The van der Waals surface area contributed by atoms with Gasteiger partial charge < -0.3 is 10.1 Å². The Morgan fingerprint density at radius 3 is 2.61 bits per heavy atom. The Morgan fingerprint density at radius 1 is 0.964 bits per heavy atom. The highest BCUT2D eigenvalue weighted by Gasteiger charge is 2.34. The molecule has 0 aromatic heterocycles. The van der Waals surface area contributed by atoms with Crippen LogP contribution in [0.3, 0.4) is 0 Å². The molecular weight excluding hydrogens is 349 g/mol. The quantitative estimate of drug-likeness (QED) is 0.521. The van der Waals surface area contributed by atoms with Crippen molar-refractivity contribution in [1.29, 1.82) is 0 Å². The maximum Gasteiger partial charge on any atom is 0.150 e. The van der Waals surface area contributed by atoms with Crippen LogP contribution in [0.2, 0.25) is 0 Å². The third-order valence-electron chi connectivity index (χ3n) is 5.51.